The smallest absolute Gasteiger partial charge is 0.326 e. The van der Waals surface area contributed by atoms with Gasteiger partial charge in [-0.15, -0.1) is 0 Å². The predicted molar refractivity (Wildman–Crippen MR) is 108 cm³/mol. The lowest BCUT2D eigenvalue weighted by Gasteiger charge is -2.29. The highest BCUT2D eigenvalue weighted by Crippen LogP contribution is 2.20. The van der Waals surface area contributed by atoms with Crippen LogP contribution in [0.4, 0.5) is 11.4 Å². The summed E-state index contributed by atoms with van der Waals surface area (Å²) in [6.45, 7) is 2.22. The van der Waals surface area contributed by atoms with Crippen molar-refractivity contribution >= 4 is 29.9 Å². The van der Waals surface area contributed by atoms with Crippen LogP contribution in [0.5, 0.6) is 0 Å². The third-order valence-corrected chi connectivity index (χ3v) is 4.12. The van der Waals surface area contributed by atoms with Crippen molar-refractivity contribution in [2.24, 2.45) is 21.8 Å². The monoisotopic (exact) mass is 368 g/mol. The molecule has 0 heterocycles. The van der Waals surface area contributed by atoms with E-state index in [2.05, 4.69) is 15.5 Å². The lowest BCUT2D eigenvalue weighted by atomic mass is 10.1. The van der Waals surface area contributed by atoms with E-state index in [1.165, 1.54) is 12.6 Å². The summed E-state index contributed by atoms with van der Waals surface area (Å²) >= 11 is 0. The van der Waals surface area contributed by atoms with E-state index in [9.17, 15) is 9.90 Å². The van der Waals surface area contributed by atoms with E-state index in [0.29, 0.717) is 13.0 Å². The number of hydrazone groups is 1. The molecule has 1 atom stereocenters. The Morgan fingerprint density at radius 1 is 1.30 bits per heavy atom. The Morgan fingerprint density at radius 3 is 2.67 bits per heavy atom. The molecule has 0 aliphatic heterocycles. The van der Waals surface area contributed by atoms with Gasteiger partial charge in [-0.25, -0.2) is 15.6 Å². The molecule has 8 heteroatoms. The minimum Gasteiger partial charge on any atom is -0.480 e. The molecule has 2 aromatic rings. The van der Waals surface area contributed by atoms with Crippen LogP contribution in [-0.2, 0) is 11.2 Å². The number of anilines is 1. The van der Waals surface area contributed by atoms with Gasteiger partial charge in [-0.3, -0.25) is 0 Å². The molecule has 0 aliphatic rings. The lowest BCUT2D eigenvalue weighted by molar-refractivity contribution is -0.138. The van der Waals surface area contributed by atoms with Gasteiger partial charge in [0.15, 0.2) is 0 Å². The number of carboxylic acids is 1. The number of hydrazine groups is 1. The highest BCUT2D eigenvalue weighted by atomic mass is 16.4. The topological polar surface area (TPSA) is 129 Å². The van der Waals surface area contributed by atoms with Crippen LogP contribution in [0.3, 0.4) is 0 Å². The van der Waals surface area contributed by atoms with Gasteiger partial charge in [-0.1, -0.05) is 24.3 Å². The normalized spacial score (nSPS) is 12.4. The summed E-state index contributed by atoms with van der Waals surface area (Å²) in [6, 6.07) is 14.5. The zero-order valence-electron chi connectivity index (χ0n) is 15.1. The van der Waals surface area contributed by atoms with Crippen LogP contribution in [0.1, 0.15) is 18.1 Å². The molecule has 0 spiro atoms. The second-order valence-electron chi connectivity index (χ2n) is 5.92. The van der Waals surface area contributed by atoms with E-state index in [-0.39, 0.29) is 0 Å². The lowest BCUT2D eigenvalue weighted by Crippen LogP contribution is -2.40. The summed E-state index contributed by atoms with van der Waals surface area (Å²) in [5.41, 5.74) is 5.83. The first-order valence-electron chi connectivity index (χ1n) is 8.45. The van der Waals surface area contributed by atoms with Crippen LogP contribution >= 0.6 is 0 Å². The molecule has 0 amide bonds. The Balaban J connectivity index is 2.17. The van der Waals surface area contributed by atoms with E-state index in [4.69, 9.17) is 11.7 Å². The van der Waals surface area contributed by atoms with Crippen LogP contribution in [-0.4, -0.2) is 36.2 Å². The van der Waals surface area contributed by atoms with Crippen molar-refractivity contribution in [3.8, 4) is 0 Å². The highest BCUT2D eigenvalue weighted by Gasteiger charge is 2.21. The van der Waals surface area contributed by atoms with E-state index in [0.717, 1.165) is 22.5 Å². The molecule has 0 bridgehead atoms. The van der Waals surface area contributed by atoms with Crippen LogP contribution in [0, 0.1) is 0 Å². The number of carbonyl (C=O) groups is 1. The average molecular weight is 368 g/mol. The van der Waals surface area contributed by atoms with Gasteiger partial charge in [-0.05, 0) is 48.7 Å². The summed E-state index contributed by atoms with van der Waals surface area (Å²) < 4.78 is 0. The second kappa shape index (κ2) is 9.93. The highest BCUT2D eigenvalue weighted by molar-refractivity contribution is 5.82. The molecular formula is C19H24N6O2. The number of hydrogen-bond acceptors (Lipinski definition) is 6. The summed E-state index contributed by atoms with van der Waals surface area (Å²) in [4.78, 5) is 17.5. The van der Waals surface area contributed by atoms with E-state index < -0.39 is 12.0 Å². The molecule has 0 aromatic heterocycles. The summed E-state index contributed by atoms with van der Waals surface area (Å²) in [5, 5.41) is 13.0. The third-order valence-electron chi connectivity index (χ3n) is 4.12. The number of benzene rings is 2. The van der Waals surface area contributed by atoms with Gasteiger partial charge in [0.25, 0.3) is 0 Å². The first kappa shape index (κ1) is 19.9. The molecule has 142 valence electrons. The van der Waals surface area contributed by atoms with E-state index >= 15 is 0 Å². The number of rotatable bonds is 9. The number of hydrogen-bond donors (Lipinski definition) is 4. The SMILES string of the molecule is CC(C(=O)O)N(CCc1ccc(N=CNN)cc1)c1cccc(C=NN)c1. The van der Waals surface area contributed by atoms with Gasteiger partial charge in [0.05, 0.1) is 11.9 Å². The Morgan fingerprint density at radius 2 is 2.04 bits per heavy atom. The average Bonchev–Trinajstić information content (AvgIpc) is 2.68. The molecule has 2 aromatic carbocycles. The number of nitrogens with zero attached hydrogens (tertiary/aromatic N) is 3. The van der Waals surface area contributed by atoms with Gasteiger partial charge in [0.2, 0.25) is 0 Å². The first-order valence-corrected chi connectivity index (χ1v) is 8.45. The van der Waals surface area contributed by atoms with Crippen LogP contribution in [0.15, 0.2) is 58.6 Å². The fourth-order valence-electron chi connectivity index (χ4n) is 2.66. The Kier molecular flexibility index (Phi) is 7.33. The maximum atomic E-state index is 11.6. The second-order valence-corrected chi connectivity index (χ2v) is 5.92. The zero-order valence-corrected chi connectivity index (χ0v) is 15.1. The molecule has 2 rings (SSSR count). The fraction of sp³-hybridized carbons (Fsp3) is 0.211. The minimum atomic E-state index is -0.883. The standard InChI is InChI=1S/C19H24N6O2/c1-14(19(26)27)25(18-4-2-3-16(11-18)12-23-20)10-9-15-5-7-17(8-6-15)22-13-24-21/h2-8,11-14H,9-10,20-21H2,1H3,(H,22,24)(H,26,27). The molecule has 0 radical (unpaired) electrons. The molecule has 0 saturated heterocycles. The fourth-order valence-corrected chi connectivity index (χ4v) is 2.66. The number of carboxylic acid groups (broad SMARTS) is 1. The van der Waals surface area contributed by atoms with Gasteiger partial charge in [-0.2, -0.15) is 5.10 Å². The van der Waals surface area contributed by atoms with Gasteiger partial charge < -0.3 is 21.3 Å². The maximum absolute atomic E-state index is 11.6. The largest absolute Gasteiger partial charge is 0.480 e. The van der Waals surface area contributed by atoms with E-state index in [1.54, 1.807) is 6.92 Å². The summed E-state index contributed by atoms with van der Waals surface area (Å²) in [5.74, 6) is 9.49. The van der Waals surface area contributed by atoms with Crippen molar-refractivity contribution in [2.45, 2.75) is 19.4 Å². The molecule has 1 unspecified atom stereocenters. The van der Waals surface area contributed by atoms with Gasteiger partial charge >= 0.3 is 5.97 Å². The Labute approximate surface area is 158 Å². The van der Waals surface area contributed by atoms with Crippen LogP contribution in [0.25, 0.3) is 0 Å². The number of aliphatic imine (C=N–C) groups is 1. The first-order chi connectivity index (χ1) is 13.0. The third kappa shape index (κ3) is 5.82. The predicted octanol–water partition coefficient (Wildman–Crippen LogP) is 1.62. The molecule has 0 fully saturated rings. The van der Waals surface area contributed by atoms with Crippen molar-refractivity contribution in [1.82, 2.24) is 5.43 Å². The van der Waals surface area contributed by atoms with Crippen LogP contribution < -0.4 is 22.0 Å². The Bertz CT molecular complexity index is 804. The molecule has 8 nitrogen and oxygen atoms in total. The molecule has 0 aliphatic carbocycles. The van der Waals surface area contributed by atoms with Crippen LogP contribution in [0.2, 0.25) is 0 Å². The van der Waals surface area contributed by atoms with Crippen molar-refractivity contribution in [3.05, 3.63) is 59.7 Å². The zero-order chi connectivity index (χ0) is 19.6. The number of nitrogens with one attached hydrogen (secondary N) is 1. The van der Waals surface area contributed by atoms with Crippen molar-refractivity contribution in [2.75, 3.05) is 11.4 Å². The minimum absolute atomic E-state index is 0.545. The quantitative estimate of drug-likeness (QED) is 0.230. The summed E-state index contributed by atoms with van der Waals surface area (Å²) in [6.07, 6.45) is 3.62. The number of nitrogens with two attached hydrogens (primary N) is 2. The molecule has 27 heavy (non-hydrogen) atoms. The van der Waals surface area contributed by atoms with Gasteiger partial charge in [0, 0.05) is 12.2 Å². The Hall–Kier alpha value is -3.39. The molecule has 0 saturated carbocycles. The van der Waals surface area contributed by atoms with Crippen molar-refractivity contribution in [3.63, 3.8) is 0 Å². The molecule has 6 N–H and O–H groups in total. The summed E-state index contributed by atoms with van der Waals surface area (Å²) in [7, 11) is 0. The van der Waals surface area contributed by atoms with Gasteiger partial charge in [0.1, 0.15) is 12.4 Å². The number of aliphatic carboxylic acids is 1. The van der Waals surface area contributed by atoms with Crippen molar-refractivity contribution in [1.29, 1.82) is 0 Å². The molecular weight excluding hydrogens is 344 g/mol. The maximum Gasteiger partial charge on any atom is 0.326 e. The van der Waals surface area contributed by atoms with E-state index in [1.807, 2.05) is 53.4 Å². The van der Waals surface area contributed by atoms with Crippen molar-refractivity contribution < 1.29 is 9.90 Å².